The number of hydrogen-bond donors (Lipinski definition) is 2. The summed E-state index contributed by atoms with van der Waals surface area (Å²) in [7, 11) is 0.577. The molecule has 0 unspecified atom stereocenters. The van der Waals surface area contributed by atoms with Crippen LogP contribution in [0, 0.1) is 0 Å². The largest absolute Gasteiger partial charge is 0.455 e. The van der Waals surface area contributed by atoms with E-state index in [4.69, 9.17) is 10.0 Å². The lowest BCUT2D eigenvalue weighted by Gasteiger charge is -1.96. The Hall–Kier alpha value is -2.43. The van der Waals surface area contributed by atoms with E-state index in [-0.39, 0.29) is 0 Å². The molecule has 0 saturated heterocycles. The van der Waals surface area contributed by atoms with Crippen LogP contribution < -0.4 is 0 Å². The minimum atomic E-state index is -1.18. The molecule has 0 saturated carbocycles. The third-order valence-corrected chi connectivity index (χ3v) is 2.69. The molecule has 0 aliphatic rings. The highest BCUT2D eigenvalue weighted by atomic mass is 16.4. The quantitative estimate of drug-likeness (QED) is 0.293. The third-order valence-electron chi connectivity index (χ3n) is 2.69. The van der Waals surface area contributed by atoms with Gasteiger partial charge in [-0.2, -0.15) is 0 Å². The molecule has 0 aromatic heterocycles. The van der Waals surface area contributed by atoms with E-state index in [2.05, 4.69) is 24.7 Å². The lowest BCUT2D eigenvalue weighted by atomic mass is 9.86. The smallest absolute Gasteiger partial charge is 0.427 e. The van der Waals surface area contributed by atoms with Gasteiger partial charge in [-0.1, -0.05) is 92.9 Å². The van der Waals surface area contributed by atoms with Gasteiger partial charge in [0, 0.05) is 12.8 Å². The highest BCUT2D eigenvalue weighted by molar-refractivity contribution is 6.41. The molecule has 2 N–H and O–H groups in total. The molecule has 1 aromatic rings. The topological polar surface area (TPSA) is 52.8 Å². The van der Waals surface area contributed by atoms with Gasteiger partial charge in [-0.3, -0.25) is 4.99 Å². The molecule has 0 fully saturated rings. The predicted molar refractivity (Wildman–Crippen MR) is 124 cm³/mol. The molecule has 0 radical (unpaired) electrons. The second-order valence-corrected chi connectivity index (χ2v) is 5.03. The normalized spacial score (nSPS) is 10.1. The number of benzene rings is 1. The van der Waals surface area contributed by atoms with E-state index in [1.807, 2.05) is 69.3 Å². The fourth-order valence-corrected chi connectivity index (χ4v) is 1.36. The molecular weight excluding hydrogens is 333 g/mol. The molecule has 27 heavy (non-hydrogen) atoms. The first kappa shape index (κ1) is 29.3. The van der Waals surface area contributed by atoms with Crippen molar-refractivity contribution in [3.05, 3.63) is 98.2 Å². The molecular formula is C23H36BNO2. The Balaban J connectivity index is -0.000000304. The highest BCUT2D eigenvalue weighted by Gasteiger charge is 1.99. The Bertz CT molecular complexity index is 520. The van der Waals surface area contributed by atoms with Gasteiger partial charge in [0.05, 0.1) is 0 Å². The van der Waals surface area contributed by atoms with Gasteiger partial charge in [-0.25, -0.2) is 0 Å². The van der Waals surface area contributed by atoms with Crippen LogP contribution in [-0.4, -0.2) is 29.9 Å². The first-order valence-corrected chi connectivity index (χ1v) is 8.92. The van der Waals surface area contributed by atoms with E-state index in [1.54, 1.807) is 31.4 Å². The zero-order chi connectivity index (χ0) is 21.3. The molecule has 3 nitrogen and oxygen atoms in total. The predicted octanol–water partition coefficient (Wildman–Crippen LogP) is 5.68. The van der Waals surface area contributed by atoms with Gasteiger partial charge in [0.1, 0.15) is 0 Å². The van der Waals surface area contributed by atoms with Gasteiger partial charge in [0.2, 0.25) is 0 Å². The van der Waals surface area contributed by atoms with Crippen LogP contribution in [0.15, 0.2) is 103 Å². The SMILES string of the molecule is C=C/C=C(\C=C)C(C)=NC.C=CC.CC/C=C\CB(O)O.c1ccccc1. The molecule has 0 aliphatic heterocycles. The molecule has 0 spiro atoms. The van der Waals surface area contributed by atoms with Crippen molar-refractivity contribution in [1.82, 2.24) is 0 Å². The summed E-state index contributed by atoms with van der Waals surface area (Å²) < 4.78 is 0. The summed E-state index contributed by atoms with van der Waals surface area (Å²) in [6.07, 6.45) is 12.1. The Morgan fingerprint density at radius 1 is 1.00 bits per heavy atom. The zero-order valence-corrected chi connectivity index (χ0v) is 17.4. The Morgan fingerprint density at radius 3 is 1.70 bits per heavy atom. The zero-order valence-electron chi connectivity index (χ0n) is 17.4. The van der Waals surface area contributed by atoms with Crippen LogP contribution in [0.25, 0.3) is 0 Å². The molecule has 4 heteroatoms. The molecule has 0 bridgehead atoms. The van der Waals surface area contributed by atoms with Crippen molar-refractivity contribution in [2.24, 2.45) is 4.99 Å². The summed E-state index contributed by atoms with van der Waals surface area (Å²) in [6, 6.07) is 12.0. The fraction of sp³-hybridized carbons (Fsp3) is 0.261. The maximum atomic E-state index is 8.28. The van der Waals surface area contributed by atoms with Crippen LogP contribution in [0.5, 0.6) is 0 Å². The summed E-state index contributed by atoms with van der Waals surface area (Å²) in [5, 5.41) is 16.6. The molecule has 148 valence electrons. The number of allylic oxidation sites excluding steroid dienone is 7. The minimum absolute atomic E-state index is 0.341. The van der Waals surface area contributed by atoms with E-state index in [0.29, 0.717) is 6.32 Å². The van der Waals surface area contributed by atoms with Crippen molar-refractivity contribution in [2.45, 2.75) is 33.5 Å². The lowest BCUT2D eigenvalue weighted by Crippen LogP contribution is -2.07. The maximum absolute atomic E-state index is 8.28. The highest BCUT2D eigenvalue weighted by Crippen LogP contribution is 1.98. The van der Waals surface area contributed by atoms with Crippen LogP contribution in [0.2, 0.25) is 6.32 Å². The first-order chi connectivity index (χ1) is 12.9. The van der Waals surface area contributed by atoms with Crippen LogP contribution in [0.4, 0.5) is 0 Å². The summed E-state index contributed by atoms with van der Waals surface area (Å²) in [6.45, 7) is 16.4. The standard InChI is InChI=1S/C9H13N.C6H6.C5H11BO2.C3H6/c1-5-7-9(6-2)8(3)10-4;1-2-4-6-5-3-1;1-2-3-4-5-6(7)8;1-3-2/h5-7H,1-2H2,3-4H3;1-6H;3-4,7-8H,2,5H2,1H3;3H,1H2,2H3/b9-7+,10-8?;;4-3-;. The van der Waals surface area contributed by atoms with Crippen LogP contribution in [-0.2, 0) is 0 Å². The number of rotatable bonds is 6. The first-order valence-electron chi connectivity index (χ1n) is 8.92. The van der Waals surface area contributed by atoms with Crippen molar-refractivity contribution >= 4 is 12.8 Å². The van der Waals surface area contributed by atoms with Crippen molar-refractivity contribution in [3.63, 3.8) is 0 Å². The molecule has 1 rings (SSSR count). The van der Waals surface area contributed by atoms with Gasteiger partial charge < -0.3 is 10.0 Å². The Morgan fingerprint density at radius 2 is 1.44 bits per heavy atom. The van der Waals surface area contributed by atoms with Crippen molar-refractivity contribution < 1.29 is 10.0 Å². The Labute approximate surface area is 167 Å². The number of nitrogens with zero attached hydrogens (tertiary/aromatic N) is 1. The number of hydrogen-bond acceptors (Lipinski definition) is 3. The van der Waals surface area contributed by atoms with E-state index < -0.39 is 7.12 Å². The van der Waals surface area contributed by atoms with Crippen molar-refractivity contribution in [1.29, 1.82) is 0 Å². The molecule has 0 heterocycles. The van der Waals surface area contributed by atoms with Gasteiger partial charge >= 0.3 is 7.12 Å². The average molecular weight is 369 g/mol. The van der Waals surface area contributed by atoms with Crippen molar-refractivity contribution in [3.8, 4) is 0 Å². The van der Waals surface area contributed by atoms with Crippen LogP contribution in [0.1, 0.15) is 27.2 Å². The second-order valence-electron chi connectivity index (χ2n) is 5.03. The van der Waals surface area contributed by atoms with E-state index in [1.165, 1.54) is 0 Å². The van der Waals surface area contributed by atoms with Gasteiger partial charge in [-0.15, -0.1) is 6.58 Å². The minimum Gasteiger partial charge on any atom is -0.427 e. The Kier molecular flexibility index (Phi) is 28.1. The summed E-state index contributed by atoms with van der Waals surface area (Å²) >= 11 is 0. The van der Waals surface area contributed by atoms with Gasteiger partial charge in [0.15, 0.2) is 0 Å². The number of aliphatic imine (C=N–C) groups is 1. The van der Waals surface area contributed by atoms with Crippen molar-refractivity contribution in [2.75, 3.05) is 7.05 Å². The molecule has 0 amide bonds. The second kappa shape index (κ2) is 25.8. The summed E-state index contributed by atoms with van der Waals surface area (Å²) in [4.78, 5) is 4.01. The van der Waals surface area contributed by atoms with E-state index in [9.17, 15) is 0 Å². The van der Waals surface area contributed by atoms with Crippen LogP contribution in [0.3, 0.4) is 0 Å². The van der Waals surface area contributed by atoms with E-state index >= 15 is 0 Å². The van der Waals surface area contributed by atoms with Gasteiger partial charge in [-0.05, 0) is 32.2 Å². The van der Waals surface area contributed by atoms with Gasteiger partial charge in [0.25, 0.3) is 0 Å². The fourth-order valence-electron chi connectivity index (χ4n) is 1.36. The maximum Gasteiger partial charge on any atom is 0.455 e. The molecule has 0 aliphatic carbocycles. The van der Waals surface area contributed by atoms with Crippen LogP contribution >= 0.6 is 0 Å². The monoisotopic (exact) mass is 369 g/mol. The molecule has 1 aromatic carbocycles. The average Bonchev–Trinajstić information content (AvgIpc) is 2.68. The van der Waals surface area contributed by atoms with E-state index in [0.717, 1.165) is 17.7 Å². The lowest BCUT2D eigenvalue weighted by molar-refractivity contribution is 0.411. The molecule has 0 atom stereocenters. The summed E-state index contributed by atoms with van der Waals surface area (Å²) in [5.41, 5.74) is 2.01. The third kappa shape index (κ3) is 28.6. The summed E-state index contributed by atoms with van der Waals surface area (Å²) in [5.74, 6) is 0.